The first kappa shape index (κ1) is 8.69. The van der Waals surface area contributed by atoms with E-state index >= 15 is 0 Å². The molecular weight excluding hydrogens is 164 g/mol. The molecule has 0 spiro atoms. The van der Waals surface area contributed by atoms with E-state index in [4.69, 9.17) is 5.73 Å². The molecule has 2 atom stereocenters. The summed E-state index contributed by atoms with van der Waals surface area (Å²) in [6.45, 7) is 4.98. The molecule has 4 heteroatoms. The van der Waals surface area contributed by atoms with Crippen LogP contribution >= 0.6 is 0 Å². The van der Waals surface area contributed by atoms with Gasteiger partial charge in [0.25, 0.3) is 0 Å². The highest BCUT2D eigenvalue weighted by atomic mass is 15.4. The minimum absolute atomic E-state index is 0.183. The Kier molecular flexibility index (Phi) is 2.07. The van der Waals surface area contributed by atoms with E-state index in [9.17, 15) is 0 Å². The van der Waals surface area contributed by atoms with Crippen molar-refractivity contribution in [3.05, 3.63) is 11.6 Å². The molecule has 0 radical (unpaired) electrons. The summed E-state index contributed by atoms with van der Waals surface area (Å²) in [6.07, 6.45) is 2.32. The summed E-state index contributed by atoms with van der Waals surface area (Å²) < 4.78 is 2.01. The Morgan fingerprint density at radius 2 is 2.38 bits per heavy atom. The zero-order valence-electron chi connectivity index (χ0n) is 8.20. The number of nitrogens with zero attached hydrogens (tertiary/aromatic N) is 3. The van der Waals surface area contributed by atoms with E-state index in [0.29, 0.717) is 5.92 Å². The Bertz CT molecular complexity index is 303. The van der Waals surface area contributed by atoms with Gasteiger partial charge in [0.2, 0.25) is 0 Å². The summed E-state index contributed by atoms with van der Waals surface area (Å²) in [5.74, 6) is 2.34. The van der Waals surface area contributed by atoms with Crippen LogP contribution in [0.4, 0.5) is 0 Å². The molecule has 2 unspecified atom stereocenters. The molecule has 2 heterocycles. The van der Waals surface area contributed by atoms with Gasteiger partial charge < -0.3 is 5.73 Å². The second kappa shape index (κ2) is 3.10. The monoisotopic (exact) mass is 180 g/mol. The molecular formula is C9H16N4. The summed E-state index contributed by atoms with van der Waals surface area (Å²) in [4.78, 5) is 4.43. The van der Waals surface area contributed by atoms with E-state index in [-0.39, 0.29) is 6.04 Å². The minimum Gasteiger partial charge on any atom is -0.327 e. The normalized spacial score (nSPS) is 24.1. The largest absolute Gasteiger partial charge is 0.327 e. The zero-order chi connectivity index (χ0) is 9.42. The number of hydrogen-bond acceptors (Lipinski definition) is 3. The van der Waals surface area contributed by atoms with Crippen LogP contribution in [0, 0.1) is 6.92 Å². The van der Waals surface area contributed by atoms with E-state index in [1.165, 1.54) is 6.42 Å². The molecule has 4 nitrogen and oxygen atoms in total. The van der Waals surface area contributed by atoms with Crippen molar-refractivity contribution in [2.24, 2.45) is 5.73 Å². The fourth-order valence-corrected chi connectivity index (χ4v) is 2.00. The maximum atomic E-state index is 5.91. The van der Waals surface area contributed by atoms with E-state index in [1.807, 2.05) is 18.5 Å². The SMILES string of the molecule is Cc1nc2n(n1)CCCC2C(C)N. The van der Waals surface area contributed by atoms with Gasteiger partial charge in [-0.3, -0.25) is 0 Å². The molecule has 1 aromatic heterocycles. The van der Waals surface area contributed by atoms with E-state index < -0.39 is 0 Å². The lowest BCUT2D eigenvalue weighted by molar-refractivity contribution is 0.382. The van der Waals surface area contributed by atoms with Gasteiger partial charge in [-0.1, -0.05) is 0 Å². The fourth-order valence-electron chi connectivity index (χ4n) is 2.00. The van der Waals surface area contributed by atoms with Crippen LogP contribution in [-0.2, 0) is 6.54 Å². The van der Waals surface area contributed by atoms with Crippen molar-refractivity contribution in [1.82, 2.24) is 14.8 Å². The van der Waals surface area contributed by atoms with Crippen LogP contribution in [0.15, 0.2) is 0 Å². The van der Waals surface area contributed by atoms with Gasteiger partial charge in [0.05, 0.1) is 0 Å². The van der Waals surface area contributed by atoms with Crippen LogP contribution in [0.5, 0.6) is 0 Å². The van der Waals surface area contributed by atoms with Crippen molar-refractivity contribution < 1.29 is 0 Å². The molecule has 0 fully saturated rings. The van der Waals surface area contributed by atoms with Crippen LogP contribution in [-0.4, -0.2) is 20.8 Å². The Hall–Kier alpha value is -0.900. The summed E-state index contributed by atoms with van der Waals surface area (Å²) >= 11 is 0. The van der Waals surface area contributed by atoms with Crippen LogP contribution < -0.4 is 5.73 Å². The maximum absolute atomic E-state index is 5.91. The molecule has 1 aliphatic heterocycles. The van der Waals surface area contributed by atoms with E-state index in [2.05, 4.69) is 10.1 Å². The Labute approximate surface area is 78.1 Å². The van der Waals surface area contributed by atoms with Crippen molar-refractivity contribution in [1.29, 1.82) is 0 Å². The maximum Gasteiger partial charge on any atom is 0.147 e. The number of nitrogens with two attached hydrogens (primary N) is 1. The minimum atomic E-state index is 0.183. The third-order valence-electron chi connectivity index (χ3n) is 2.66. The third kappa shape index (κ3) is 1.46. The first-order chi connectivity index (χ1) is 6.18. The standard InChI is InChI=1S/C9H16N4/c1-6(10)8-4-3-5-13-9(8)11-7(2)12-13/h6,8H,3-5,10H2,1-2H3. The zero-order valence-corrected chi connectivity index (χ0v) is 8.20. The summed E-state index contributed by atoms with van der Waals surface area (Å²) in [6, 6.07) is 0.183. The molecule has 1 aromatic rings. The smallest absolute Gasteiger partial charge is 0.147 e. The molecule has 72 valence electrons. The highest BCUT2D eigenvalue weighted by molar-refractivity contribution is 5.04. The molecule has 0 aromatic carbocycles. The van der Waals surface area contributed by atoms with Crippen molar-refractivity contribution in [3.8, 4) is 0 Å². The summed E-state index contributed by atoms with van der Waals surface area (Å²) in [5.41, 5.74) is 5.91. The topological polar surface area (TPSA) is 56.7 Å². The molecule has 0 saturated carbocycles. The summed E-state index contributed by atoms with van der Waals surface area (Å²) in [5, 5.41) is 4.33. The van der Waals surface area contributed by atoms with E-state index in [1.54, 1.807) is 0 Å². The van der Waals surface area contributed by atoms with Crippen LogP contribution in [0.3, 0.4) is 0 Å². The quantitative estimate of drug-likeness (QED) is 0.695. The van der Waals surface area contributed by atoms with Crippen molar-refractivity contribution in [2.75, 3.05) is 0 Å². The predicted molar refractivity (Wildman–Crippen MR) is 50.4 cm³/mol. The number of hydrogen-bond donors (Lipinski definition) is 1. The molecule has 2 N–H and O–H groups in total. The first-order valence-electron chi connectivity index (χ1n) is 4.85. The van der Waals surface area contributed by atoms with Crippen molar-refractivity contribution >= 4 is 0 Å². The number of aryl methyl sites for hydroxylation is 2. The van der Waals surface area contributed by atoms with Crippen molar-refractivity contribution in [3.63, 3.8) is 0 Å². The van der Waals surface area contributed by atoms with Gasteiger partial charge >= 0.3 is 0 Å². The highest BCUT2D eigenvalue weighted by Crippen LogP contribution is 2.27. The van der Waals surface area contributed by atoms with Gasteiger partial charge in [0.1, 0.15) is 11.6 Å². The molecule has 0 aliphatic carbocycles. The number of fused-ring (bicyclic) bond motifs is 1. The van der Waals surface area contributed by atoms with Gasteiger partial charge in [-0.2, -0.15) is 5.10 Å². The Balaban J connectivity index is 2.36. The van der Waals surface area contributed by atoms with Gasteiger partial charge in [-0.05, 0) is 26.7 Å². The average molecular weight is 180 g/mol. The van der Waals surface area contributed by atoms with Gasteiger partial charge in [-0.15, -0.1) is 0 Å². The number of rotatable bonds is 1. The highest BCUT2D eigenvalue weighted by Gasteiger charge is 2.25. The molecule has 2 rings (SSSR count). The Morgan fingerprint density at radius 1 is 1.62 bits per heavy atom. The molecule has 0 amide bonds. The van der Waals surface area contributed by atoms with Gasteiger partial charge in [0, 0.05) is 18.5 Å². The second-order valence-electron chi connectivity index (χ2n) is 3.85. The average Bonchev–Trinajstić information content (AvgIpc) is 2.43. The Morgan fingerprint density at radius 3 is 3.08 bits per heavy atom. The lowest BCUT2D eigenvalue weighted by atomic mass is 9.93. The lowest BCUT2D eigenvalue weighted by Crippen LogP contribution is -2.30. The first-order valence-corrected chi connectivity index (χ1v) is 4.85. The molecule has 1 aliphatic rings. The lowest BCUT2D eigenvalue weighted by Gasteiger charge is -2.24. The van der Waals surface area contributed by atoms with Gasteiger partial charge in [0.15, 0.2) is 0 Å². The fraction of sp³-hybridized carbons (Fsp3) is 0.778. The van der Waals surface area contributed by atoms with Gasteiger partial charge in [-0.25, -0.2) is 9.67 Å². The number of aromatic nitrogens is 3. The molecule has 13 heavy (non-hydrogen) atoms. The van der Waals surface area contributed by atoms with Crippen LogP contribution in [0.25, 0.3) is 0 Å². The van der Waals surface area contributed by atoms with Crippen molar-refractivity contribution in [2.45, 2.75) is 45.2 Å². The predicted octanol–water partition coefficient (Wildman–Crippen LogP) is 0.811. The second-order valence-corrected chi connectivity index (χ2v) is 3.85. The van der Waals surface area contributed by atoms with E-state index in [0.717, 1.165) is 24.6 Å². The molecule has 0 bridgehead atoms. The van der Waals surface area contributed by atoms with Crippen LogP contribution in [0.2, 0.25) is 0 Å². The molecule has 0 saturated heterocycles. The third-order valence-corrected chi connectivity index (χ3v) is 2.66. The summed E-state index contributed by atoms with van der Waals surface area (Å²) in [7, 11) is 0. The van der Waals surface area contributed by atoms with Crippen LogP contribution in [0.1, 0.15) is 37.3 Å².